The molecule has 0 spiro atoms. The van der Waals surface area contributed by atoms with Crippen molar-refractivity contribution in [1.29, 1.82) is 0 Å². The van der Waals surface area contributed by atoms with Gasteiger partial charge in [0.1, 0.15) is 10.6 Å². The topological polar surface area (TPSA) is 63.7 Å². The molecule has 1 heterocycles. The summed E-state index contributed by atoms with van der Waals surface area (Å²) in [6, 6.07) is 12.4. The van der Waals surface area contributed by atoms with Crippen LogP contribution in [-0.4, -0.2) is 43.3 Å². The molecule has 0 saturated heterocycles. The van der Waals surface area contributed by atoms with Crippen molar-refractivity contribution in [3.8, 4) is 5.75 Å². The van der Waals surface area contributed by atoms with Gasteiger partial charge < -0.3 is 4.74 Å². The van der Waals surface area contributed by atoms with Crippen LogP contribution >= 0.6 is 11.8 Å². The highest BCUT2D eigenvalue weighted by Gasteiger charge is 2.40. The average Bonchev–Trinajstić information content (AvgIpc) is 2.78. The number of thioether (sulfide) groups is 1. The van der Waals surface area contributed by atoms with Gasteiger partial charge in [-0.2, -0.15) is 11.8 Å². The number of hydrogen-bond donors (Lipinski definition) is 0. The van der Waals surface area contributed by atoms with Gasteiger partial charge in [0.2, 0.25) is 0 Å². The fourth-order valence-corrected chi connectivity index (χ4v) is 5.34. The molecule has 0 bridgehead atoms. The summed E-state index contributed by atoms with van der Waals surface area (Å²) in [5.74, 6) is 1.67. The SMILES string of the molecule is Cc1cc(C)cc(OCCSCCN2C(=O)c3ccccc3S2(=O)=O)c1. The number of nitrogens with zero attached hydrogens (tertiary/aromatic N) is 1. The molecular formula is C19H21NO4S2. The number of fused-ring (bicyclic) bond motifs is 1. The second-order valence-electron chi connectivity index (χ2n) is 6.16. The third-order valence-corrected chi connectivity index (χ3v) is 6.81. The summed E-state index contributed by atoms with van der Waals surface area (Å²) in [4.78, 5) is 12.4. The van der Waals surface area contributed by atoms with Crippen molar-refractivity contribution in [1.82, 2.24) is 4.31 Å². The van der Waals surface area contributed by atoms with E-state index in [9.17, 15) is 13.2 Å². The van der Waals surface area contributed by atoms with Crippen LogP contribution in [0.3, 0.4) is 0 Å². The van der Waals surface area contributed by atoms with Gasteiger partial charge in [-0.3, -0.25) is 4.79 Å². The van der Waals surface area contributed by atoms with E-state index in [-0.39, 0.29) is 17.0 Å². The van der Waals surface area contributed by atoms with Crippen molar-refractivity contribution >= 4 is 27.7 Å². The molecule has 1 aliphatic rings. The van der Waals surface area contributed by atoms with E-state index in [2.05, 4.69) is 6.07 Å². The first kappa shape index (κ1) is 18.8. The van der Waals surface area contributed by atoms with E-state index >= 15 is 0 Å². The molecule has 0 unspecified atom stereocenters. The Morgan fingerprint density at radius 2 is 1.73 bits per heavy atom. The van der Waals surface area contributed by atoms with Gasteiger partial charge in [0.15, 0.2) is 0 Å². The fraction of sp³-hybridized carbons (Fsp3) is 0.316. The molecule has 1 aliphatic heterocycles. The molecule has 0 fully saturated rings. The van der Waals surface area contributed by atoms with E-state index in [1.165, 1.54) is 6.07 Å². The van der Waals surface area contributed by atoms with Crippen LogP contribution in [0.1, 0.15) is 21.5 Å². The van der Waals surface area contributed by atoms with E-state index in [1.54, 1.807) is 30.0 Å². The summed E-state index contributed by atoms with van der Waals surface area (Å²) in [5, 5.41) is 0. The molecule has 0 saturated carbocycles. The maximum atomic E-state index is 12.4. The second kappa shape index (κ2) is 7.72. The standard InChI is InChI=1S/C19H21NO4S2/c1-14-11-15(2)13-16(12-14)24-8-10-25-9-7-20-19(21)17-5-3-4-6-18(17)26(20,22)23/h3-6,11-13H,7-10H2,1-2H3. The Hall–Kier alpha value is -1.99. The van der Waals surface area contributed by atoms with Crippen LogP contribution in [0, 0.1) is 13.8 Å². The Kier molecular flexibility index (Phi) is 5.58. The van der Waals surface area contributed by atoms with Crippen LogP contribution < -0.4 is 4.74 Å². The van der Waals surface area contributed by atoms with E-state index in [0.29, 0.717) is 12.4 Å². The molecule has 1 amide bonds. The normalized spacial score (nSPS) is 15.2. The monoisotopic (exact) mass is 391 g/mol. The number of benzene rings is 2. The Bertz CT molecular complexity index is 905. The molecule has 5 nitrogen and oxygen atoms in total. The zero-order valence-electron chi connectivity index (χ0n) is 14.8. The van der Waals surface area contributed by atoms with E-state index < -0.39 is 15.9 Å². The fourth-order valence-electron chi connectivity index (χ4n) is 2.94. The zero-order valence-corrected chi connectivity index (χ0v) is 16.4. The van der Waals surface area contributed by atoms with Crippen molar-refractivity contribution in [2.24, 2.45) is 0 Å². The van der Waals surface area contributed by atoms with Crippen molar-refractivity contribution in [2.45, 2.75) is 18.7 Å². The van der Waals surface area contributed by atoms with Crippen LogP contribution in [0.4, 0.5) is 0 Å². The maximum Gasteiger partial charge on any atom is 0.269 e. The first-order valence-electron chi connectivity index (χ1n) is 8.34. The number of carbonyl (C=O) groups is 1. The van der Waals surface area contributed by atoms with Gasteiger partial charge in [-0.1, -0.05) is 18.2 Å². The Labute approximate surface area is 158 Å². The van der Waals surface area contributed by atoms with Crippen molar-refractivity contribution < 1.29 is 17.9 Å². The number of amides is 1. The molecule has 138 valence electrons. The van der Waals surface area contributed by atoms with Gasteiger partial charge in [0, 0.05) is 18.1 Å². The lowest BCUT2D eigenvalue weighted by atomic mass is 10.1. The predicted molar refractivity (Wildman–Crippen MR) is 103 cm³/mol. The van der Waals surface area contributed by atoms with Crippen molar-refractivity contribution in [3.05, 3.63) is 59.2 Å². The Morgan fingerprint density at radius 1 is 1.04 bits per heavy atom. The summed E-state index contributed by atoms with van der Waals surface area (Å²) in [6.45, 7) is 4.76. The number of sulfonamides is 1. The summed E-state index contributed by atoms with van der Waals surface area (Å²) >= 11 is 1.57. The lowest BCUT2D eigenvalue weighted by Gasteiger charge is -2.14. The summed E-state index contributed by atoms with van der Waals surface area (Å²) in [5.41, 5.74) is 2.57. The Morgan fingerprint density at radius 3 is 2.42 bits per heavy atom. The third-order valence-electron chi connectivity index (χ3n) is 4.04. The quantitative estimate of drug-likeness (QED) is 0.678. The summed E-state index contributed by atoms with van der Waals surface area (Å²) < 4.78 is 31.6. The van der Waals surface area contributed by atoms with Gasteiger partial charge in [-0.05, 0) is 49.2 Å². The number of aryl methyl sites for hydroxylation is 2. The molecule has 0 aliphatic carbocycles. The van der Waals surface area contributed by atoms with E-state index in [1.807, 2.05) is 26.0 Å². The van der Waals surface area contributed by atoms with Gasteiger partial charge >= 0.3 is 0 Å². The number of hydrogen-bond acceptors (Lipinski definition) is 5. The van der Waals surface area contributed by atoms with Crippen LogP contribution in [0.25, 0.3) is 0 Å². The molecule has 0 N–H and O–H groups in total. The number of ether oxygens (including phenoxy) is 1. The Balaban J connectivity index is 1.47. The molecular weight excluding hydrogens is 370 g/mol. The smallest absolute Gasteiger partial charge is 0.269 e. The number of rotatable bonds is 7. The van der Waals surface area contributed by atoms with Crippen molar-refractivity contribution in [2.75, 3.05) is 24.7 Å². The van der Waals surface area contributed by atoms with Crippen LogP contribution in [-0.2, 0) is 10.0 Å². The van der Waals surface area contributed by atoms with E-state index in [0.717, 1.165) is 26.9 Å². The van der Waals surface area contributed by atoms with Gasteiger partial charge in [-0.25, -0.2) is 12.7 Å². The van der Waals surface area contributed by atoms with Gasteiger partial charge in [0.25, 0.3) is 15.9 Å². The largest absolute Gasteiger partial charge is 0.493 e. The highest BCUT2D eigenvalue weighted by atomic mass is 32.2. The first-order chi connectivity index (χ1) is 12.4. The minimum absolute atomic E-state index is 0.105. The van der Waals surface area contributed by atoms with Crippen LogP contribution in [0.2, 0.25) is 0 Å². The summed E-state index contributed by atoms with van der Waals surface area (Å²) in [7, 11) is -3.70. The molecule has 0 radical (unpaired) electrons. The maximum absolute atomic E-state index is 12.4. The highest BCUT2D eigenvalue weighted by molar-refractivity contribution is 7.99. The molecule has 3 rings (SSSR count). The lowest BCUT2D eigenvalue weighted by Crippen LogP contribution is -2.32. The van der Waals surface area contributed by atoms with Crippen LogP contribution in [0.5, 0.6) is 5.75 Å². The third kappa shape index (κ3) is 3.88. The molecule has 0 aromatic heterocycles. The van der Waals surface area contributed by atoms with Gasteiger partial charge in [0.05, 0.1) is 12.2 Å². The van der Waals surface area contributed by atoms with Crippen LogP contribution in [0.15, 0.2) is 47.4 Å². The van der Waals surface area contributed by atoms with Gasteiger partial charge in [-0.15, -0.1) is 0 Å². The van der Waals surface area contributed by atoms with E-state index in [4.69, 9.17) is 4.74 Å². The lowest BCUT2D eigenvalue weighted by molar-refractivity contribution is 0.0876. The molecule has 2 aromatic rings. The first-order valence-corrected chi connectivity index (χ1v) is 10.9. The highest BCUT2D eigenvalue weighted by Crippen LogP contribution is 2.29. The number of carbonyl (C=O) groups excluding carboxylic acids is 1. The molecule has 0 atom stereocenters. The summed E-state index contributed by atoms with van der Waals surface area (Å²) in [6.07, 6.45) is 0. The van der Waals surface area contributed by atoms with Crippen molar-refractivity contribution in [3.63, 3.8) is 0 Å². The zero-order chi connectivity index (χ0) is 18.7. The molecule has 2 aromatic carbocycles. The average molecular weight is 392 g/mol. The minimum atomic E-state index is -3.70. The predicted octanol–water partition coefficient (Wildman–Crippen LogP) is 3.26. The minimum Gasteiger partial charge on any atom is -0.493 e. The molecule has 7 heteroatoms. The molecule has 26 heavy (non-hydrogen) atoms. The second-order valence-corrected chi connectivity index (χ2v) is 9.22.